The van der Waals surface area contributed by atoms with Crippen LogP contribution in [0, 0.1) is 20.8 Å². The Balaban J connectivity index is 2.41. The van der Waals surface area contributed by atoms with Crippen LogP contribution in [0.15, 0.2) is 42.5 Å². The maximum absolute atomic E-state index is 9.91. The van der Waals surface area contributed by atoms with Crippen LogP contribution >= 0.6 is 0 Å². The lowest BCUT2D eigenvalue weighted by atomic mass is 9.89. The normalized spacial score (nSPS) is 13.8. The fraction of sp³-hybridized carbons (Fsp3) is 0.333. The molecule has 0 aromatic heterocycles. The van der Waals surface area contributed by atoms with E-state index in [1.807, 2.05) is 25.1 Å². The zero-order valence-electron chi connectivity index (χ0n) is 12.7. The first kappa shape index (κ1) is 14.6. The van der Waals surface area contributed by atoms with Crippen LogP contribution in [0.3, 0.4) is 0 Å². The largest absolute Gasteiger partial charge is 0.394 e. The minimum atomic E-state index is -0.483. The Morgan fingerprint density at radius 2 is 1.60 bits per heavy atom. The van der Waals surface area contributed by atoms with Crippen molar-refractivity contribution in [2.75, 3.05) is 11.9 Å². The Morgan fingerprint density at radius 3 is 2.15 bits per heavy atom. The molecule has 0 saturated carbocycles. The van der Waals surface area contributed by atoms with Gasteiger partial charge in [-0.3, -0.25) is 0 Å². The molecule has 0 heterocycles. The summed E-state index contributed by atoms with van der Waals surface area (Å²) in [4.78, 5) is 0. The van der Waals surface area contributed by atoms with Crippen molar-refractivity contribution in [3.05, 3.63) is 64.7 Å². The number of anilines is 1. The third kappa shape index (κ3) is 3.02. The van der Waals surface area contributed by atoms with Crippen LogP contribution in [0.5, 0.6) is 0 Å². The smallest absolute Gasteiger partial charge is 0.0828 e. The van der Waals surface area contributed by atoms with E-state index < -0.39 is 5.54 Å². The molecule has 1 unspecified atom stereocenters. The van der Waals surface area contributed by atoms with Crippen molar-refractivity contribution in [2.24, 2.45) is 0 Å². The van der Waals surface area contributed by atoms with Gasteiger partial charge < -0.3 is 10.4 Å². The maximum Gasteiger partial charge on any atom is 0.0828 e. The summed E-state index contributed by atoms with van der Waals surface area (Å²) in [5, 5.41) is 13.4. The average molecular weight is 269 g/mol. The highest BCUT2D eigenvalue weighted by Gasteiger charge is 2.26. The summed E-state index contributed by atoms with van der Waals surface area (Å²) in [7, 11) is 0. The second kappa shape index (κ2) is 5.68. The van der Waals surface area contributed by atoms with E-state index in [1.165, 1.54) is 16.7 Å². The Morgan fingerprint density at radius 1 is 1.00 bits per heavy atom. The van der Waals surface area contributed by atoms with Gasteiger partial charge in [-0.05, 0) is 44.9 Å². The number of rotatable bonds is 4. The van der Waals surface area contributed by atoms with Crippen LogP contribution in [0.4, 0.5) is 5.69 Å². The molecule has 0 aliphatic carbocycles. The number of para-hydroxylation sites is 1. The maximum atomic E-state index is 9.91. The summed E-state index contributed by atoms with van der Waals surface area (Å²) in [5.74, 6) is 0. The van der Waals surface area contributed by atoms with Crippen molar-refractivity contribution in [2.45, 2.75) is 33.2 Å². The predicted molar refractivity (Wildman–Crippen MR) is 85.2 cm³/mol. The van der Waals surface area contributed by atoms with Gasteiger partial charge in [-0.2, -0.15) is 0 Å². The van der Waals surface area contributed by atoms with Gasteiger partial charge in [0.05, 0.1) is 12.1 Å². The molecular formula is C18H23NO. The SMILES string of the molecule is Cc1cc(C)cc(C(C)(CO)Nc2ccccc2C)c1. The monoisotopic (exact) mass is 269 g/mol. The van der Waals surface area contributed by atoms with Crippen LogP contribution in [-0.4, -0.2) is 11.7 Å². The lowest BCUT2D eigenvalue weighted by Crippen LogP contribution is -2.36. The van der Waals surface area contributed by atoms with Crippen LogP contribution in [0.25, 0.3) is 0 Å². The molecule has 2 rings (SSSR count). The van der Waals surface area contributed by atoms with Gasteiger partial charge in [0.15, 0.2) is 0 Å². The number of hydrogen-bond acceptors (Lipinski definition) is 2. The molecule has 106 valence electrons. The minimum absolute atomic E-state index is 0.0459. The summed E-state index contributed by atoms with van der Waals surface area (Å²) in [6, 6.07) is 14.6. The molecule has 0 fully saturated rings. The van der Waals surface area contributed by atoms with Crippen LogP contribution in [-0.2, 0) is 5.54 Å². The van der Waals surface area contributed by atoms with Crippen molar-refractivity contribution >= 4 is 5.69 Å². The molecule has 0 amide bonds. The lowest BCUT2D eigenvalue weighted by molar-refractivity contribution is 0.224. The standard InChI is InChI=1S/C18H23NO/c1-13-9-14(2)11-16(10-13)18(4,12-20)19-17-8-6-5-7-15(17)3/h5-11,19-20H,12H2,1-4H3. The molecular weight excluding hydrogens is 246 g/mol. The second-order valence-corrected chi connectivity index (χ2v) is 5.81. The van der Waals surface area contributed by atoms with Gasteiger partial charge in [0.25, 0.3) is 0 Å². The first-order valence-electron chi connectivity index (χ1n) is 6.98. The first-order chi connectivity index (χ1) is 9.44. The zero-order valence-corrected chi connectivity index (χ0v) is 12.7. The highest BCUT2D eigenvalue weighted by Crippen LogP contribution is 2.28. The number of benzene rings is 2. The minimum Gasteiger partial charge on any atom is -0.394 e. The molecule has 2 heteroatoms. The molecule has 1 atom stereocenters. The Kier molecular flexibility index (Phi) is 4.15. The topological polar surface area (TPSA) is 32.3 Å². The van der Waals surface area contributed by atoms with E-state index in [2.05, 4.69) is 50.4 Å². The second-order valence-electron chi connectivity index (χ2n) is 5.81. The van der Waals surface area contributed by atoms with Crippen LogP contribution in [0.1, 0.15) is 29.2 Å². The third-order valence-corrected chi connectivity index (χ3v) is 3.73. The Hall–Kier alpha value is -1.80. The summed E-state index contributed by atoms with van der Waals surface area (Å²) in [5.41, 5.74) is 5.29. The molecule has 2 aromatic carbocycles. The van der Waals surface area contributed by atoms with Crippen molar-refractivity contribution < 1.29 is 5.11 Å². The summed E-state index contributed by atoms with van der Waals surface area (Å²) >= 11 is 0. The van der Waals surface area contributed by atoms with Gasteiger partial charge in [-0.1, -0.05) is 47.5 Å². The van der Waals surface area contributed by atoms with E-state index >= 15 is 0 Å². The molecule has 2 nitrogen and oxygen atoms in total. The first-order valence-corrected chi connectivity index (χ1v) is 6.98. The molecule has 0 saturated heterocycles. The zero-order chi connectivity index (χ0) is 14.8. The number of aryl methyl sites for hydroxylation is 3. The quantitative estimate of drug-likeness (QED) is 0.881. The Bertz CT molecular complexity index is 586. The predicted octanol–water partition coefficient (Wildman–Crippen LogP) is 3.93. The van der Waals surface area contributed by atoms with Crippen molar-refractivity contribution in [1.82, 2.24) is 0 Å². The van der Waals surface area contributed by atoms with Gasteiger partial charge >= 0.3 is 0 Å². The summed E-state index contributed by atoms with van der Waals surface area (Å²) in [6.45, 7) is 8.32. The van der Waals surface area contributed by atoms with E-state index in [-0.39, 0.29) is 6.61 Å². The van der Waals surface area contributed by atoms with E-state index in [0.29, 0.717) is 0 Å². The van der Waals surface area contributed by atoms with E-state index in [4.69, 9.17) is 0 Å². The Labute approximate surface area is 121 Å². The van der Waals surface area contributed by atoms with Gasteiger partial charge in [-0.15, -0.1) is 0 Å². The van der Waals surface area contributed by atoms with E-state index in [1.54, 1.807) is 0 Å². The highest BCUT2D eigenvalue weighted by molar-refractivity contribution is 5.54. The summed E-state index contributed by atoms with van der Waals surface area (Å²) < 4.78 is 0. The lowest BCUT2D eigenvalue weighted by Gasteiger charge is -2.32. The number of nitrogens with one attached hydrogen (secondary N) is 1. The third-order valence-electron chi connectivity index (χ3n) is 3.73. The molecule has 0 spiro atoms. The fourth-order valence-electron chi connectivity index (χ4n) is 2.51. The van der Waals surface area contributed by atoms with Gasteiger partial charge in [0.2, 0.25) is 0 Å². The summed E-state index contributed by atoms with van der Waals surface area (Å²) in [6.07, 6.45) is 0. The number of aliphatic hydroxyl groups is 1. The number of hydrogen-bond donors (Lipinski definition) is 2. The molecule has 0 aliphatic heterocycles. The van der Waals surface area contributed by atoms with Crippen LogP contribution in [0.2, 0.25) is 0 Å². The fourth-order valence-corrected chi connectivity index (χ4v) is 2.51. The molecule has 0 aliphatic rings. The molecule has 20 heavy (non-hydrogen) atoms. The van der Waals surface area contributed by atoms with Gasteiger partial charge in [0.1, 0.15) is 0 Å². The molecule has 0 radical (unpaired) electrons. The van der Waals surface area contributed by atoms with E-state index in [9.17, 15) is 5.11 Å². The highest BCUT2D eigenvalue weighted by atomic mass is 16.3. The molecule has 2 N–H and O–H groups in total. The van der Waals surface area contributed by atoms with Crippen molar-refractivity contribution in [3.8, 4) is 0 Å². The van der Waals surface area contributed by atoms with Gasteiger partial charge in [-0.25, -0.2) is 0 Å². The van der Waals surface area contributed by atoms with Gasteiger partial charge in [0, 0.05) is 5.69 Å². The molecule has 0 bridgehead atoms. The average Bonchev–Trinajstić information content (AvgIpc) is 2.40. The van der Waals surface area contributed by atoms with Crippen molar-refractivity contribution in [3.63, 3.8) is 0 Å². The number of aliphatic hydroxyl groups excluding tert-OH is 1. The van der Waals surface area contributed by atoms with E-state index in [0.717, 1.165) is 11.3 Å². The van der Waals surface area contributed by atoms with Crippen molar-refractivity contribution in [1.29, 1.82) is 0 Å². The molecule has 2 aromatic rings. The van der Waals surface area contributed by atoms with Crippen LogP contribution < -0.4 is 5.32 Å².